The van der Waals surface area contributed by atoms with Gasteiger partial charge in [-0.2, -0.15) is 0 Å². The zero-order valence-corrected chi connectivity index (χ0v) is 11.6. The van der Waals surface area contributed by atoms with Gasteiger partial charge in [-0.3, -0.25) is 4.79 Å². The van der Waals surface area contributed by atoms with Crippen molar-refractivity contribution in [3.63, 3.8) is 0 Å². The first-order valence-electron chi connectivity index (χ1n) is 6.06. The second-order valence-corrected chi connectivity index (χ2v) is 5.67. The summed E-state index contributed by atoms with van der Waals surface area (Å²) < 4.78 is 6.85. The van der Waals surface area contributed by atoms with Crippen LogP contribution < -0.4 is 5.43 Å². The number of aryl methyl sites for hydroxylation is 2. The second kappa shape index (κ2) is 4.84. The summed E-state index contributed by atoms with van der Waals surface area (Å²) in [7, 11) is 1.61. The van der Waals surface area contributed by atoms with Crippen molar-refractivity contribution in [1.82, 2.24) is 9.55 Å². The molecule has 3 rings (SSSR count). The van der Waals surface area contributed by atoms with E-state index >= 15 is 0 Å². The minimum absolute atomic E-state index is 0.204. The number of hydrogen-bond acceptors (Lipinski definition) is 5. The molecule has 0 saturated heterocycles. The van der Waals surface area contributed by atoms with Crippen LogP contribution in [0.1, 0.15) is 20.2 Å². The lowest BCUT2D eigenvalue weighted by Crippen LogP contribution is -2.21. The first-order valence-corrected chi connectivity index (χ1v) is 6.87. The molecule has 0 atom stereocenters. The van der Waals surface area contributed by atoms with Crippen LogP contribution >= 0.6 is 11.3 Å². The van der Waals surface area contributed by atoms with E-state index in [1.165, 1.54) is 12.3 Å². The van der Waals surface area contributed by atoms with Gasteiger partial charge >= 0.3 is 5.97 Å². The molecule has 2 aromatic rings. The number of thiazole rings is 1. The normalized spacial score (nSPS) is 12.8. The summed E-state index contributed by atoms with van der Waals surface area (Å²) in [6.07, 6.45) is 2.18. The monoisotopic (exact) mass is 292 g/mol. The van der Waals surface area contributed by atoms with Crippen LogP contribution in [0.25, 0.3) is 11.4 Å². The summed E-state index contributed by atoms with van der Waals surface area (Å²) >= 11 is 1.57. The second-order valence-electron chi connectivity index (χ2n) is 4.50. The van der Waals surface area contributed by atoms with Crippen molar-refractivity contribution in [3.8, 4) is 11.4 Å². The third-order valence-corrected chi connectivity index (χ3v) is 4.28. The van der Waals surface area contributed by atoms with Crippen molar-refractivity contribution in [2.24, 2.45) is 0 Å². The van der Waals surface area contributed by atoms with Crippen LogP contribution in [0.4, 0.5) is 0 Å². The van der Waals surface area contributed by atoms with Gasteiger partial charge in [0.1, 0.15) is 16.3 Å². The molecular weight excluding hydrogens is 280 g/mol. The highest BCUT2D eigenvalue weighted by Gasteiger charge is 2.22. The van der Waals surface area contributed by atoms with Crippen molar-refractivity contribution >= 4 is 17.3 Å². The van der Waals surface area contributed by atoms with E-state index in [1.807, 2.05) is 0 Å². The number of carbonyl (C=O) groups is 1. The highest BCUT2D eigenvalue weighted by Crippen LogP contribution is 2.32. The number of methoxy groups -OCH3 is 1. The fraction of sp³-hybridized carbons (Fsp3) is 0.308. The van der Waals surface area contributed by atoms with Gasteiger partial charge in [-0.05, 0) is 0 Å². The van der Waals surface area contributed by atoms with Gasteiger partial charge in [0.05, 0.1) is 12.3 Å². The van der Waals surface area contributed by atoms with Crippen molar-refractivity contribution in [2.45, 2.75) is 19.6 Å². The Balaban J connectivity index is 2.14. The molecular formula is C13H12N2O4S. The quantitative estimate of drug-likeness (QED) is 0.924. The molecule has 0 aromatic carbocycles. The molecule has 0 spiro atoms. The molecule has 6 nitrogen and oxygen atoms in total. The number of aromatic carboxylic acids is 1. The average molecular weight is 292 g/mol. The highest BCUT2D eigenvalue weighted by molar-refractivity contribution is 7.12. The molecule has 1 N–H and O–H groups in total. The van der Waals surface area contributed by atoms with Crippen molar-refractivity contribution < 1.29 is 14.6 Å². The number of hydrogen-bond donors (Lipinski definition) is 1. The largest absolute Gasteiger partial charge is 0.477 e. The lowest BCUT2D eigenvalue weighted by Gasteiger charge is -2.18. The summed E-state index contributed by atoms with van der Waals surface area (Å²) in [6, 6.07) is 1.36. The van der Waals surface area contributed by atoms with E-state index in [0.29, 0.717) is 18.8 Å². The number of fused-ring (bicyclic) bond motifs is 3. The van der Waals surface area contributed by atoms with Gasteiger partial charge in [0, 0.05) is 37.2 Å². The maximum atomic E-state index is 11.8. The van der Waals surface area contributed by atoms with Gasteiger partial charge in [0.2, 0.25) is 0 Å². The molecule has 0 amide bonds. The van der Waals surface area contributed by atoms with Crippen molar-refractivity contribution in [1.29, 1.82) is 0 Å². The molecule has 3 heterocycles. The van der Waals surface area contributed by atoms with Gasteiger partial charge in [0.25, 0.3) is 0 Å². The third-order valence-electron chi connectivity index (χ3n) is 3.19. The minimum atomic E-state index is -1.20. The standard InChI is InChI=1S/C13H12N2O4S/c1-19-6-11-14-12-8-4-9(16)7(13(17)18)5-15(8)3-2-10(12)20-11/h4-5H,2-3,6H2,1H3,(H,17,18). The van der Waals surface area contributed by atoms with Crippen LogP contribution in [-0.2, 0) is 24.3 Å². The van der Waals surface area contributed by atoms with Crippen LogP contribution in [0.5, 0.6) is 0 Å². The summed E-state index contributed by atoms with van der Waals surface area (Å²) in [4.78, 5) is 28.4. The molecule has 1 aliphatic heterocycles. The van der Waals surface area contributed by atoms with Crippen molar-refractivity contribution in [2.75, 3.05) is 7.11 Å². The van der Waals surface area contributed by atoms with E-state index in [9.17, 15) is 9.59 Å². The Labute approximate surface area is 118 Å². The predicted octanol–water partition coefficient (Wildman–Crippen LogP) is 1.37. The Kier molecular flexibility index (Phi) is 3.15. The van der Waals surface area contributed by atoms with E-state index < -0.39 is 11.4 Å². The smallest absolute Gasteiger partial charge is 0.341 e. The number of pyridine rings is 1. The highest BCUT2D eigenvalue weighted by atomic mass is 32.1. The number of carboxylic acids is 1. The van der Waals surface area contributed by atoms with Crippen molar-refractivity contribution in [3.05, 3.63) is 37.9 Å². The molecule has 0 fully saturated rings. The Bertz CT molecular complexity index is 747. The Morgan fingerprint density at radius 1 is 1.60 bits per heavy atom. The predicted molar refractivity (Wildman–Crippen MR) is 73.2 cm³/mol. The fourth-order valence-electron chi connectivity index (χ4n) is 2.30. The topological polar surface area (TPSA) is 81.4 Å². The molecule has 2 aromatic heterocycles. The number of aromatic nitrogens is 2. The average Bonchev–Trinajstić information content (AvgIpc) is 2.81. The third kappa shape index (κ3) is 2.04. The number of carboxylic acid groups (broad SMARTS) is 1. The van der Waals surface area contributed by atoms with E-state index in [2.05, 4.69) is 4.98 Å². The van der Waals surface area contributed by atoms with Crippen LogP contribution in [0.3, 0.4) is 0 Å². The van der Waals surface area contributed by atoms with Crippen LogP contribution in [-0.4, -0.2) is 27.7 Å². The van der Waals surface area contributed by atoms with Crippen LogP contribution in [0.2, 0.25) is 0 Å². The molecule has 0 bridgehead atoms. The van der Waals surface area contributed by atoms with Gasteiger partial charge in [-0.15, -0.1) is 11.3 Å². The lowest BCUT2D eigenvalue weighted by molar-refractivity contribution is 0.0694. The van der Waals surface area contributed by atoms with Gasteiger partial charge in [-0.1, -0.05) is 0 Å². The summed E-state index contributed by atoms with van der Waals surface area (Å²) in [5, 5.41) is 9.85. The lowest BCUT2D eigenvalue weighted by atomic mass is 10.1. The Morgan fingerprint density at radius 3 is 3.10 bits per heavy atom. The maximum Gasteiger partial charge on any atom is 0.341 e. The van der Waals surface area contributed by atoms with E-state index in [1.54, 1.807) is 23.0 Å². The summed E-state index contributed by atoms with van der Waals surface area (Å²) in [5.41, 5.74) is 0.754. The molecule has 1 aliphatic rings. The Morgan fingerprint density at radius 2 is 2.40 bits per heavy atom. The SMILES string of the molecule is COCc1nc2c(s1)CCn1cc(C(=O)O)c(=O)cc1-2. The molecule has 0 radical (unpaired) electrons. The zero-order valence-electron chi connectivity index (χ0n) is 10.8. The van der Waals surface area contributed by atoms with Gasteiger partial charge in [-0.25, -0.2) is 9.78 Å². The van der Waals surface area contributed by atoms with Gasteiger partial charge < -0.3 is 14.4 Å². The molecule has 0 saturated carbocycles. The van der Waals surface area contributed by atoms with Gasteiger partial charge in [0.15, 0.2) is 5.43 Å². The minimum Gasteiger partial charge on any atom is -0.477 e. The fourth-order valence-corrected chi connectivity index (χ4v) is 3.34. The Hall–Kier alpha value is -1.99. The zero-order chi connectivity index (χ0) is 14.3. The molecule has 104 valence electrons. The molecule has 0 aliphatic carbocycles. The maximum absolute atomic E-state index is 11.8. The van der Waals surface area contributed by atoms with E-state index in [-0.39, 0.29) is 5.56 Å². The first-order chi connectivity index (χ1) is 9.60. The number of rotatable bonds is 3. The van der Waals surface area contributed by atoms with E-state index in [4.69, 9.17) is 9.84 Å². The molecule has 0 unspecified atom stereocenters. The summed E-state index contributed by atoms with van der Waals surface area (Å²) in [6.45, 7) is 1.09. The molecule has 7 heteroatoms. The van der Waals surface area contributed by atoms with Crippen LogP contribution in [0, 0.1) is 0 Å². The molecule has 20 heavy (non-hydrogen) atoms. The first kappa shape index (κ1) is 13.0. The number of nitrogens with zero attached hydrogens (tertiary/aromatic N) is 2. The summed E-state index contributed by atoms with van der Waals surface area (Å²) in [5.74, 6) is -1.20. The van der Waals surface area contributed by atoms with Crippen LogP contribution in [0.15, 0.2) is 17.1 Å². The van der Waals surface area contributed by atoms with E-state index in [0.717, 1.165) is 22.0 Å². The number of ether oxygens (including phenoxy) is 1.